The highest BCUT2D eigenvalue weighted by Crippen LogP contribution is 2.26. The number of amides is 1. The van der Waals surface area contributed by atoms with Crippen LogP contribution in [0, 0.1) is 0 Å². The number of primary amides is 1. The summed E-state index contributed by atoms with van der Waals surface area (Å²) in [5.41, 5.74) is 10.4. The molecule has 1 aliphatic heterocycles. The van der Waals surface area contributed by atoms with Crippen LogP contribution in [0.5, 0.6) is 0 Å². The maximum Gasteiger partial charge on any atom is 0.248 e. The number of rotatable bonds is 1. The molecule has 1 aromatic carbocycles. The van der Waals surface area contributed by atoms with Gasteiger partial charge in [-0.05, 0) is 34.9 Å². The largest absolute Gasteiger partial charge is 0.381 e. The van der Waals surface area contributed by atoms with Gasteiger partial charge >= 0.3 is 0 Å². The standard InChI is InChI=1S/C14H13N3O/c15-14(18)10-2-1-9-5-12-7-16-4-3-11(12)8-17-13(9)6-10/h1-4,6-7,17H,5,8H2,(H2,15,18). The predicted octanol–water partition coefficient (Wildman–Crippen LogP) is 1.70. The maximum absolute atomic E-state index is 11.2. The van der Waals surface area contributed by atoms with Crippen molar-refractivity contribution in [3.05, 3.63) is 58.9 Å². The number of hydrogen-bond donors (Lipinski definition) is 2. The Kier molecular flexibility index (Phi) is 2.48. The molecule has 90 valence electrons. The molecular formula is C14H13N3O. The van der Waals surface area contributed by atoms with E-state index in [1.807, 2.05) is 24.4 Å². The molecule has 0 saturated heterocycles. The SMILES string of the molecule is NC(=O)c1ccc2c(c1)NCc1ccncc1C2. The molecule has 1 aromatic heterocycles. The normalized spacial score (nSPS) is 12.9. The maximum atomic E-state index is 11.2. The highest BCUT2D eigenvalue weighted by Gasteiger charge is 2.13. The predicted molar refractivity (Wildman–Crippen MR) is 69.3 cm³/mol. The fraction of sp³-hybridized carbons (Fsp3) is 0.143. The van der Waals surface area contributed by atoms with Crippen molar-refractivity contribution in [2.45, 2.75) is 13.0 Å². The smallest absolute Gasteiger partial charge is 0.248 e. The molecule has 18 heavy (non-hydrogen) atoms. The van der Waals surface area contributed by atoms with Gasteiger partial charge in [-0.15, -0.1) is 0 Å². The molecule has 0 unspecified atom stereocenters. The summed E-state index contributed by atoms with van der Waals surface area (Å²) in [6.07, 6.45) is 4.52. The second-order valence-electron chi connectivity index (χ2n) is 4.41. The molecule has 0 spiro atoms. The molecule has 0 radical (unpaired) electrons. The van der Waals surface area contributed by atoms with E-state index in [0.29, 0.717) is 5.56 Å². The van der Waals surface area contributed by atoms with Gasteiger partial charge in [0.15, 0.2) is 0 Å². The number of carbonyl (C=O) groups excluding carboxylic acids is 1. The third-order valence-corrected chi connectivity index (χ3v) is 3.25. The van der Waals surface area contributed by atoms with Gasteiger partial charge in [-0.25, -0.2) is 0 Å². The molecular weight excluding hydrogens is 226 g/mol. The first kappa shape index (κ1) is 10.8. The monoisotopic (exact) mass is 239 g/mol. The van der Waals surface area contributed by atoms with Crippen LogP contribution < -0.4 is 11.1 Å². The van der Waals surface area contributed by atoms with Crippen LogP contribution in [-0.4, -0.2) is 10.9 Å². The zero-order chi connectivity index (χ0) is 12.5. The van der Waals surface area contributed by atoms with Gasteiger partial charge in [-0.2, -0.15) is 0 Å². The van der Waals surface area contributed by atoms with Gasteiger partial charge in [0.1, 0.15) is 0 Å². The fourth-order valence-electron chi connectivity index (χ4n) is 2.23. The van der Waals surface area contributed by atoms with Crippen LogP contribution in [0.2, 0.25) is 0 Å². The minimum absolute atomic E-state index is 0.400. The number of carbonyl (C=O) groups is 1. The van der Waals surface area contributed by atoms with Crippen molar-refractivity contribution in [1.82, 2.24) is 4.98 Å². The molecule has 4 heteroatoms. The van der Waals surface area contributed by atoms with Crippen LogP contribution in [0.25, 0.3) is 0 Å². The number of aromatic nitrogens is 1. The molecule has 0 aliphatic carbocycles. The third-order valence-electron chi connectivity index (χ3n) is 3.25. The number of pyridine rings is 1. The van der Waals surface area contributed by atoms with Gasteiger partial charge in [0.25, 0.3) is 0 Å². The molecule has 0 atom stereocenters. The molecule has 1 amide bonds. The molecule has 0 bridgehead atoms. The Morgan fingerprint density at radius 3 is 2.94 bits per heavy atom. The van der Waals surface area contributed by atoms with E-state index in [4.69, 9.17) is 5.73 Å². The minimum atomic E-state index is -0.400. The first-order valence-corrected chi connectivity index (χ1v) is 5.82. The summed E-state index contributed by atoms with van der Waals surface area (Å²) in [7, 11) is 0. The van der Waals surface area contributed by atoms with E-state index < -0.39 is 5.91 Å². The summed E-state index contributed by atoms with van der Waals surface area (Å²) in [6, 6.07) is 7.55. The minimum Gasteiger partial charge on any atom is -0.381 e. The number of nitrogens with one attached hydrogen (secondary N) is 1. The Bertz CT molecular complexity index is 622. The number of fused-ring (bicyclic) bond motifs is 2. The number of anilines is 1. The van der Waals surface area contributed by atoms with Crippen molar-refractivity contribution in [2.24, 2.45) is 5.73 Å². The Morgan fingerprint density at radius 1 is 1.22 bits per heavy atom. The number of nitrogens with two attached hydrogens (primary N) is 1. The van der Waals surface area contributed by atoms with Gasteiger partial charge in [0.05, 0.1) is 0 Å². The summed E-state index contributed by atoms with van der Waals surface area (Å²) in [5.74, 6) is -0.400. The highest BCUT2D eigenvalue weighted by molar-refractivity contribution is 5.94. The summed E-state index contributed by atoms with van der Waals surface area (Å²) in [4.78, 5) is 15.3. The first-order valence-electron chi connectivity index (χ1n) is 5.82. The van der Waals surface area contributed by atoms with E-state index >= 15 is 0 Å². The Hall–Kier alpha value is -2.36. The Labute approximate surface area is 105 Å². The van der Waals surface area contributed by atoms with Crippen molar-refractivity contribution in [1.29, 1.82) is 0 Å². The van der Waals surface area contributed by atoms with Crippen molar-refractivity contribution < 1.29 is 4.79 Å². The van der Waals surface area contributed by atoms with Crippen LogP contribution in [0.1, 0.15) is 27.0 Å². The summed E-state index contributed by atoms with van der Waals surface area (Å²) >= 11 is 0. The lowest BCUT2D eigenvalue weighted by atomic mass is 10.0. The third kappa shape index (κ3) is 1.82. The van der Waals surface area contributed by atoms with Crippen molar-refractivity contribution >= 4 is 11.6 Å². The molecule has 0 fully saturated rings. The summed E-state index contributed by atoms with van der Waals surface area (Å²) < 4.78 is 0. The van der Waals surface area contributed by atoms with Gasteiger partial charge in [0.2, 0.25) is 5.91 Å². The quantitative estimate of drug-likeness (QED) is 0.795. The number of nitrogens with zero attached hydrogens (tertiary/aromatic N) is 1. The lowest BCUT2D eigenvalue weighted by molar-refractivity contribution is 0.100. The molecule has 4 nitrogen and oxygen atoms in total. The van der Waals surface area contributed by atoms with Gasteiger partial charge in [-0.1, -0.05) is 6.07 Å². The van der Waals surface area contributed by atoms with Crippen molar-refractivity contribution in [3.63, 3.8) is 0 Å². The van der Waals surface area contributed by atoms with E-state index in [2.05, 4.69) is 10.3 Å². The molecule has 3 N–H and O–H groups in total. The highest BCUT2D eigenvalue weighted by atomic mass is 16.1. The zero-order valence-electron chi connectivity index (χ0n) is 9.81. The van der Waals surface area contributed by atoms with Gasteiger partial charge in [-0.3, -0.25) is 9.78 Å². The van der Waals surface area contributed by atoms with E-state index in [9.17, 15) is 4.79 Å². The average Bonchev–Trinajstić information content (AvgIpc) is 2.56. The van der Waals surface area contributed by atoms with E-state index in [-0.39, 0.29) is 0 Å². The average molecular weight is 239 g/mol. The molecule has 3 rings (SSSR count). The Balaban J connectivity index is 2.04. The van der Waals surface area contributed by atoms with E-state index in [1.54, 1.807) is 12.3 Å². The van der Waals surface area contributed by atoms with Gasteiger partial charge in [0, 0.05) is 36.6 Å². The van der Waals surface area contributed by atoms with E-state index in [1.165, 1.54) is 11.1 Å². The number of benzene rings is 1. The second-order valence-corrected chi connectivity index (χ2v) is 4.41. The zero-order valence-corrected chi connectivity index (χ0v) is 9.81. The van der Waals surface area contributed by atoms with E-state index in [0.717, 1.165) is 24.2 Å². The fourth-order valence-corrected chi connectivity index (χ4v) is 2.23. The van der Waals surface area contributed by atoms with Gasteiger partial charge < -0.3 is 11.1 Å². The summed E-state index contributed by atoms with van der Waals surface area (Å²) in [6.45, 7) is 0.743. The molecule has 0 saturated carbocycles. The molecule has 1 aliphatic rings. The Morgan fingerprint density at radius 2 is 2.11 bits per heavy atom. The topological polar surface area (TPSA) is 68.0 Å². The van der Waals surface area contributed by atoms with Crippen LogP contribution >= 0.6 is 0 Å². The molecule has 2 aromatic rings. The van der Waals surface area contributed by atoms with Crippen LogP contribution in [-0.2, 0) is 13.0 Å². The van der Waals surface area contributed by atoms with Crippen LogP contribution in [0.3, 0.4) is 0 Å². The molecule has 2 heterocycles. The van der Waals surface area contributed by atoms with Crippen LogP contribution in [0.15, 0.2) is 36.7 Å². The van der Waals surface area contributed by atoms with Crippen molar-refractivity contribution in [3.8, 4) is 0 Å². The second kappa shape index (κ2) is 4.14. The first-order chi connectivity index (χ1) is 8.74. The lowest BCUT2D eigenvalue weighted by Crippen LogP contribution is -2.11. The van der Waals surface area contributed by atoms with Crippen LogP contribution in [0.4, 0.5) is 5.69 Å². The summed E-state index contributed by atoms with van der Waals surface area (Å²) in [5, 5.41) is 3.34. The van der Waals surface area contributed by atoms with Crippen molar-refractivity contribution in [2.75, 3.05) is 5.32 Å². The number of hydrogen-bond acceptors (Lipinski definition) is 3. The lowest BCUT2D eigenvalue weighted by Gasteiger charge is -2.08.